The lowest BCUT2D eigenvalue weighted by Gasteiger charge is -2.07. The second-order valence-electron chi connectivity index (χ2n) is 9.07. The minimum absolute atomic E-state index is 0.266. The SMILES string of the molecule is [2H]C([2H])([2H])c1cc[n+](C)c(-c2c(C)ccc3c2oc2c(C#N)c(-c4ccc(-c5ccccc5)cc4)ccc23)c1. The van der Waals surface area contributed by atoms with Crippen LogP contribution < -0.4 is 4.57 Å². The van der Waals surface area contributed by atoms with Crippen LogP contribution in [0.2, 0.25) is 0 Å². The first kappa shape index (κ1) is 18.6. The van der Waals surface area contributed by atoms with Crippen molar-refractivity contribution in [3.63, 3.8) is 0 Å². The molecule has 0 radical (unpaired) electrons. The quantitative estimate of drug-likeness (QED) is 0.248. The molecule has 172 valence electrons. The summed E-state index contributed by atoms with van der Waals surface area (Å²) in [6, 6.07) is 32.1. The first-order valence-electron chi connectivity index (χ1n) is 13.3. The summed E-state index contributed by atoms with van der Waals surface area (Å²) in [6.07, 6.45) is 1.76. The third-order valence-corrected chi connectivity index (χ3v) is 6.84. The summed E-state index contributed by atoms with van der Waals surface area (Å²) in [5, 5.41) is 12.0. The van der Waals surface area contributed by atoms with Crippen LogP contribution in [0.4, 0.5) is 0 Å². The molecule has 0 aliphatic carbocycles. The molecule has 0 amide bonds. The molecule has 0 aliphatic rings. The van der Waals surface area contributed by atoms with Crippen LogP contribution in [0.15, 0.2) is 102 Å². The molecule has 36 heavy (non-hydrogen) atoms. The van der Waals surface area contributed by atoms with Gasteiger partial charge in [-0.3, -0.25) is 0 Å². The molecule has 0 unspecified atom stereocenters. The minimum Gasteiger partial charge on any atom is -0.454 e. The minimum atomic E-state index is -2.22. The zero-order valence-electron chi connectivity index (χ0n) is 23.0. The molecule has 0 atom stereocenters. The van der Waals surface area contributed by atoms with Crippen LogP contribution in [0.25, 0.3) is 55.4 Å². The van der Waals surface area contributed by atoms with Gasteiger partial charge in [-0.1, -0.05) is 72.8 Å². The lowest BCUT2D eigenvalue weighted by Crippen LogP contribution is -2.30. The second kappa shape index (κ2) is 8.52. The zero-order chi connectivity index (χ0) is 27.3. The van der Waals surface area contributed by atoms with Crippen LogP contribution in [0.1, 0.15) is 20.8 Å². The zero-order valence-corrected chi connectivity index (χ0v) is 20.0. The fourth-order valence-corrected chi connectivity index (χ4v) is 4.96. The topological polar surface area (TPSA) is 40.8 Å². The summed E-state index contributed by atoms with van der Waals surface area (Å²) < 4.78 is 32.1. The number of nitrogens with zero attached hydrogens (tertiary/aromatic N) is 2. The van der Waals surface area contributed by atoms with Crippen molar-refractivity contribution in [2.75, 3.05) is 0 Å². The molecule has 0 saturated heterocycles. The summed E-state index contributed by atoms with van der Waals surface area (Å²) in [6.45, 7) is -0.244. The molecule has 0 N–H and O–H groups in total. The third kappa shape index (κ3) is 3.47. The Bertz CT molecular complexity index is 1910. The van der Waals surface area contributed by atoms with Gasteiger partial charge in [-0.15, -0.1) is 0 Å². The number of hydrogen-bond acceptors (Lipinski definition) is 2. The smallest absolute Gasteiger partial charge is 0.216 e. The number of rotatable bonds is 3. The van der Waals surface area contributed by atoms with Gasteiger partial charge < -0.3 is 4.42 Å². The van der Waals surface area contributed by atoms with Gasteiger partial charge in [0.15, 0.2) is 11.8 Å². The Morgan fingerprint density at radius 3 is 2.25 bits per heavy atom. The Balaban J connectivity index is 1.55. The number of benzene rings is 4. The molecule has 4 aromatic carbocycles. The predicted molar refractivity (Wildman–Crippen MR) is 145 cm³/mol. The van der Waals surface area contributed by atoms with Gasteiger partial charge in [-0.2, -0.15) is 5.26 Å². The first-order valence-corrected chi connectivity index (χ1v) is 11.8. The van der Waals surface area contributed by atoms with Crippen LogP contribution in [0, 0.1) is 25.1 Å². The number of furan rings is 1. The first-order chi connectivity index (χ1) is 18.8. The summed E-state index contributed by atoms with van der Waals surface area (Å²) in [7, 11) is 1.89. The highest BCUT2D eigenvalue weighted by Gasteiger charge is 2.23. The van der Waals surface area contributed by atoms with Gasteiger partial charge in [0.1, 0.15) is 24.3 Å². The highest BCUT2D eigenvalue weighted by Crippen LogP contribution is 2.40. The molecule has 2 heterocycles. The van der Waals surface area contributed by atoms with E-state index in [0.29, 0.717) is 16.7 Å². The van der Waals surface area contributed by atoms with Crippen molar-refractivity contribution < 1.29 is 13.1 Å². The van der Waals surface area contributed by atoms with E-state index in [1.807, 2.05) is 73.1 Å². The fourth-order valence-electron chi connectivity index (χ4n) is 4.96. The molecular weight excluding hydrogens is 440 g/mol. The van der Waals surface area contributed by atoms with E-state index in [2.05, 4.69) is 30.3 Å². The van der Waals surface area contributed by atoms with Gasteiger partial charge in [0, 0.05) is 32.6 Å². The maximum absolute atomic E-state index is 10.3. The van der Waals surface area contributed by atoms with Gasteiger partial charge in [-0.25, -0.2) is 4.57 Å². The van der Waals surface area contributed by atoms with E-state index in [4.69, 9.17) is 8.53 Å². The monoisotopic (exact) mass is 468 g/mol. The average Bonchev–Trinajstić information content (AvgIpc) is 3.31. The van der Waals surface area contributed by atoms with E-state index < -0.39 is 6.85 Å². The number of aryl methyl sites for hydroxylation is 3. The van der Waals surface area contributed by atoms with E-state index in [1.165, 1.54) is 0 Å². The molecule has 3 heteroatoms. The van der Waals surface area contributed by atoms with E-state index in [9.17, 15) is 5.26 Å². The molecule has 6 aromatic rings. The third-order valence-electron chi connectivity index (χ3n) is 6.84. The Labute approximate surface area is 214 Å². The largest absolute Gasteiger partial charge is 0.454 e. The van der Waals surface area contributed by atoms with Crippen molar-refractivity contribution >= 4 is 21.9 Å². The van der Waals surface area contributed by atoms with E-state index in [0.717, 1.165) is 49.8 Å². The Kier molecular flexibility index (Phi) is 4.41. The van der Waals surface area contributed by atoms with E-state index >= 15 is 0 Å². The molecule has 0 spiro atoms. The number of hydrogen-bond donors (Lipinski definition) is 0. The molecule has 0 aliphatic heterocycles. The van der Waals surface area contributed by atoms with E-state index in [1.54, 1.807) is 18.3 Å². The Morgan fingerprint density at radius 1 is 0.806 bits per heavy atom. The summed E-state index contributed by atoms with van der Waals surface area (Å²) in [5.41, 5.74) is 8.38. The molecule has 0 bridgehead atoms. The van der Waals surface area contributed by atoms with Crippen molar-refractivity contribution in [2.24, 2.45) is 7.05 Å². The van der Waals surface area contributed by atoms with Gasteiger partial charge in [0.25, 0.3) is 0 Å². The molecule has 6 rings (SSSR count). The van der Waals surface area contributed by atoms with Crippen molar-refractivity contribution in [1.82, 2.24) is 0 Å². The Hall–Kier alpha value is -4.68. The van der Waals surface area contributed by atoms with Gasteiger partial charge in [-0.05, 0) is 47.7 Å². The summed E-state index contributed by atoms with van der Waals surface area (Å²) >= 11 is 0. The van der Waals surface area contributed by atoms with E-state index in [-0.39, 0.29) is 5.56 Å². The number of fused-ring (bicyclic) bond motifs is 3. The molecule has 3 nitrogen and oxygen atoms in total. The van der Waals surface area contributed by atoms with Crippen LogP contribution >= 0.6 is 0 Å². The summed E-state index contributed by atoms with van der Waals surface area (Å²) in [5.74, 6) is 0. The highest BCUT2D eigenvalue weighted by atomic mass is 16.3. The average molecular weight is 469 g/mol. The fraction of sp³-hybridized carbons (Fsp3) is 0.0909. The van der Waals surface area contributed by atoms with Crippen LogP contribution in [0.3, 0.4) is 0 Å². The van der Waals surface area contributed by atoms with Crippen molar-refractivity contribution in [3.8, 4) is 39.6 Å². The molecule has 0 saturated carbocycles. The number of aromatic nitrogens is 1. The normalized spacial score (nSPS) is 12.8. The number of pyridine rings is 1. The maximum atomic E-state index is 10.3. The van der Waals surface area contributed by atoms with Gasteiger partial charge in [0.2, 0.25) is 5.69 Å². The van der Waals surface area contributed by atoms with Crippen molar-refractivity contribution in [3.05, 3.63) is 114 Å². The van der Waals surface area contributed by atoms with Crippen LogP contribution in [-0.2, 0) is 7.05 Å². The lowest BCUT2D eigenvalue weighted by atomic mass is 9.95. The highest BCUT2D eigenvalue weighted by molar-refractivity contribution is 6.12. The standard InChI is InChI=1S/C33H25N2O/c1-21-17-18-35(3)30(19-21)31-22(2)9-14-28-27-16-15-26(29(20-34)32(27)36-33(28)31)25-12-10-24(11-13-25)23-7-5-4-6-8-23/h4-19H,1-3H3/q+1/i1D3. The maximum Gasteiger partial charge on any atom is 0.216 e. The lowest BCUT2D eigenvalue weighted by molar-refractivity contribution is -0.660. The summed E-state index contributed by atoms with van der Waals surface area (Å²) in [4.78, 5) is 0. The van der Waals surface area contributed by atoms with Gasteiger partial charge >= 0.3 is 0 Å². The van der Waals surface area contributed by atoms with Crippen LogP contribution in [-0.4, -0.2) is 0 Å². The number of nitriles is 1. The predicted octanol–water partition coefficient (Wildman–Crippen LogP) is 7.90. The molecular formula is C33H25N2O+. The van der Waals surface area contributed by atoms with Crippen molar-refractivity contribution in [1.29, 1.82) is 5.26 Å². The van der Waals surface area contributed by atoms with Gasteiger partial charge in [0.05, 0.1) is 5.56 Å². The second-order valence-corrected chi connectivity index (χ2v) is 9.07. The van der Waals surface area contributed by atoms with Crippen LogP contribution in [0.5, 0.6) is 0 Å². The Morgan fingerprint density at radius 2 is 1.50 bits per heavy atom. The molecule has 0 fully saturated rings. The van der Waals surface area contributed by atoms with Crippen molar-refractivity contribution in [2.45, 2.75) is 13.8 Å². The molecule has 2 aromatic heterocycles.